The predicted molar refractivity (Wildman–Crippen MR) is 88.1 cm³/mol. The van der Waals surface area contributed by atoms with E-state index in [-0.39, 0.29) is 41.5 Å². The van der Waals surface area contributed by atoms with Crippen LogP contribution in [-0.2, 0) is 11.2 Å². The summed E-state index contributed by atoms with van der Waals surface area (Å²) in [7, 11) is 0. The Morgan fingerprint density at radius 2 is 1.71 bits per heavy atom. The lowest BCUT2D eigenvalue weighted by Gasteiger charge is -2.20. The van der Waals surface area contributed by atoms with E-state index in [0.29, 0.717) is 0 Å². The van der Waals surface area contributed by atoms with Gasteiger partial charge in [0.2, 0.25) is 5.91 Å². The number of thiocarbonyl (C=S) groups is 1. The minimum atomic E-state index is -0.255. The summed E-state index contributed by atoms with van der Waals surface area (Å²) in [5, 5.41) is 2.68. The Morgan fingerprint density at radius 1 is 1.24 bits per heavy atom. The highest BCUT2D eigenvalue weighted by atomic mass is 32.1. The van der Waals surface area contributed by atoms with Crippen molar-refractivity contribution in [3.63, 3.8) is 0 Å². The van der Waals surface area contributed by atoms with Crippen LogP contribution in [0.3, 0.4) is 0 Å². The van der Waals surface area contributed by atoms with Crippen LogP contribution in [0.25, 0.3) is 0 Å². The Bertz CT molecular complexity index is 512. The fraction of sp³-hybridized carbons (Fsp3) is 0.500. The van der Waals surface area contributed by atoms with Crippen LogP contribution in [0.15, 0.2) is 12.1 Å². The number of hydrogen-bond donors (Lipinski definition) is 2. The molecule has 0 aliphatic heterocycles. The van der Waals surface area contributed by atoms with Crippen LogP contribution in [0, 0.1) is 5.82 Å². The molecule has 5 heteroatoms. The van der Waals surface area contributed by atoms with Crippen molar-refractivity contribution in [2.45, 2.75) is 46.0 Å². The van der Waals surface area contributed by atoms with Crippen LogP contribution < -0.4 is 11.1 Å². The summed E-state index contributed by atoms with van der Waals surface area (Å²) in [6, 6.07) is 3.04. The van der Waals surface area contributed by atoms with Crippen molar-refractivity contribution in [1.82, 2.24) is 5.32 Å². The number of benzene rings is 1. The van der Waals surface area contributed by atoms with Crippen molar-refractivity contribution in [3.8, 4) is 0 Å². The number of carbonyl (C=O) groups excluding carboxylic acids is 1. The molecule has 0 radical (unpaired) electrons. The zero-order chi connectivity index (χ0) is 16.2. The fourth-order valence-electron chi connectivity index (χ4n) is 2.32. The number of halogens is 1. The number of carbonyl (C=O) groups is 1. The van der Waals surface area contributed by atoms with E-state index in [0.717, 1.165) is 16.7 Å². The first kappa shape index (κ1) is 17.6. The minimum absolute atomic E-state index is 0.150. The van der Waals surface area contributed by atoms with E-state index in [2.05, 4.69) is 5.32 Å². The molecule has 0 atom stereocenters. The molecule has 0 aromatic heterocycles. The van der Waals surface area contributed by atoms with E-state index in [1.54, 1.807) is 0 Å². The summed E-state index contributed by atoms with van der Waals surface area (Å²) in [6.07, 6.45) is 0.212. The van der Waals surface area contributed by atoms with Gasteiger partial charge < -0.3 is 11.1 Å². The van der Waals surface area contributed by atoms with E-state index in [4.69, 9.17) is 18.0 Å². The molecule has 3 N–H and O–H groups in total. The van der Waals surface area contributed by atoms with Crippen molar-refractivity contribution < 1.29 is 9.18 Å². The SMILES string of the molecule is CC(C)c1cc(F)cc(C(C)C)c1CC(=O)NCC(N)=S. The van der Waals surface area contributed by atoms with Crippen molar-refractivity contribution >= 4 is 23.1 Å². The Hall–Kier alpha value is -1.49. The quantitative estimate of drug-likeness (QED) is 0.794. The third-order valence-corrected chi connectivity index (χ3v) is 3.47. The number of nitrogens with two attached hydrogens (primary N) is 1. The molecule has 0 bridgehead atoms. The zero-order valence-corrected chi connectivity index (χ0v) is 13.8. The van der Waals surface area contributed by atoms with Gasteiger partial charge in [0.1, 0.15) is 5.82 Å². The van der Waals surface area contributed by atoms with Gasteiger partial charge in [0.25, 0.3) is 0 Å². The second-order valence-electron chi connectivity index (χ2n) is 5.79. The maximum atomic E-state index is 13.8. The molecule has 116 valence electrons. The van der Waals surface area contributed by atoms with Crippen molar-refractivity contribution in [3.05, 3.63) is 34.6 Å². The minimum Gasteiger partial charge on any atom is -0.392 e. The number of hydrogen-bond acceptors (Lipinski definition) is 2. The maximum absolute atomic E-state index is 13.8. The maximum Gasteiger partial charge on any atom is 0.224 e. The molecule has 21 heavy (non-hydrogen) atoms. The third-order valence-electron chi connectivity index (χ3n) is 3.32. The van der Waals surface area contributed by atoms with E-state index < -0.39 is 0 Å². The summed E-state index contributed by atoms with van der Waals surface area (Å²) in [6.45, 7) is 8.17. The monoisotopic (exact) mass is 310 g/mol. The molecule has 0 fully saturated rings. The topological polar surface area (TPSA) is 55.1 Å². The molecule has 0 aliphatic carbocycles. The first-order valence-corrected chi connectivity index (χ1v) is 7.50. The van der Waals surface area contributed by atoms with Gasteiger partial charge in [-0.3, -0.25) is 4.79 Å². The van der Waals surface area contributed by atoms with E-state index in [9.17, 15) is 9.18 Å². The lowest BCUT2D eigenvalue weighted by molar-refractivity contribution is -0.120. The lowest BCUT2D eigenvalue weighted by Crippen LogP contribution is -2.33. The van der Waals surface area contributed by atoms with E-state index in [1.807, 2.05) is 27.7 Å². The Balaban J connectivity index is 3.13. The molecule has 3 nitrogen and oxygen atoms in total. The van der Waals surface area contributed by atoms with Gasteiger partial charge in [-0.25, -0.2) is 4.39 Å². The van der Waals surface area contributed by atoms with Gasteiger partial charge in [0.05, 0.1) is 18.0 Å². The average molecular weight is 310 g/mol. The normalized spacial score (nSPS) is 11.0. The average Bonchev–Trinajstić information content (AvgIpc) is 2.37. The third kappa shape index (κ3) is 5.08. The molecule has 0 saturated heterocycles. The van der Waals surface area contributed by atoms with Crippen LogP contribution in [0.2, 0.25) is 0 Å². The summed E-state index contributed by atoms with van der Waals surface area (Å²) in [5.74, 6) is -0.110. The van der Waals surface area contributed by atoms with Crippen molar-refractivity contribution in [2.24, 2.45) is 5.73 Å². The fourth-order valence-corrected chi connectivity index (χ4v) is 2.39. The molecule has 1 aromatic carbocycles. The van der Waals surface area contributed by atoms with Crippen LogP contribution in [0.4, 0.5) is 4.39 Å². The number of amides is 1. The van der Waals surface area contributed by atoms with E-state index in [1.165, 1.54) is 12.1 Å². The smallest absolute Gasteiger partial charge is 0.224 e. The Labute approximate surface area is 131 Å². The molecule has 1 rings (SSSR count). The first-order valence-electron chi connectivity index (χ1n) is 7.09. The first-order chi connectivity index (χ1) is 9.72. The van der Waals surface area contributed by atoms with Crippen LogP contribution in [0.5, 0.6) is 0 Å². The van der Waals surface area contributed by atoms with Crippen LogP contribution in [0.1, 0.15) is 56.2 Å². The van der Waals surface area contributed by atoms with Gasteiger partial charge in [-0.2, -0.15) is 0 Å². The molecule has 1 aromatic rings. The van der Waals surface area contributed by atoms with Crippen LogP contribution in [-0.4, -0.2) is 17.4 Å². The van der Waals surface area contributed by atoms with Gasteiger partial charge >= 0.3 is 0 Å². The van der Waals surface area contributed by atoms with Gasteiger partial charge in [-0.15, -0.1) is 0 Å². The molecule has 0 spiro atoms. The molecule has 1 amide bonds. The summed E-state index contributed by atoms with van der Waals surface area (Å²) >= 11 is 4.74. The van der Waals surface area contributed by atoms with Crippen molar-refractivity contribution in [1.29, 1.82) is 0 Å². The Kier molecular flexibility index (Phi) is 6.27. The molecule has 0 saturated carbocycles. The standard InChI is InChI=1S/C16H23FN2OS/c1-9(2)12-5-11(17)6-13(10(3)4)14(12)7-16(20)19-8-15(18)21/h5-6,9-10H,7-8H2,1-4H3,(H2,18,21)(H,19,20). The van der Waals surface area contributed by atoms with Gasteiger partial charge in [-0.1, -0.05) is 39.9 Å². The van der Waals surface area contributed by atoms with Crippen LogP contribution >= 0.6 is 12.2 Å². The zero-order valence-electron chi connectivity index (χ0n) is 13.0. The van der Waals surface area contributed by atoms with Gasteiger partial charge in [0, 0.05) is 0 Å². The lowest BCUT2D eigenvalue weighted by atomic mass is 9.86. The highest BCUT2D eigenvalue weighted by molar-refractivity contribution is 7.80. The highest BCUT2D eigenvalue weighted by Crippen LogP contribution is 2.29. The summed E-state index contributed by atoms with van der Waals surface area (Å²) in [4.78, 5) is 12.3. The van der Waals surface area contributed by atoms with Gasteiger partial charge in [-0.05, 0) is 40.7 Å². The molecule has 0 aliphatic rings. The van der Waals surface area contributed by atoms with Crippen molar-refractivity contribution in [2.75, 3.05) is 6.54 Å². The second kappa shape index (κ2) is 7.50. The van der Waals surface area contributed by atoms with Gasteiger partial charge in [0.15, 0.2) is 0 Å². The number of nitrogens with one attached hydrogen (secondary N) is 1. The molecule has 0 heterocycles. The summed E-state index contributed by atoms with van der Waals surface area (Å²) in [5.41, 5.74) is 8.04. The molecular weight excluding hydrogens is 287 g/mol. The molecular formula is C16H23FN2OS. The van der Waals surface area contributed by atoms with E-state index >= 15 is 0 Å². The highest BCUT2D eigenvalue weighted by Gasteiger charge is 2.18. The largest absolute Gasteiger partial charge is 0.392 e. The predicted octanol–water partition coefficient (Wildman–Crippen LogP) is 3.02. The Morgan fingerprint density at radius 3 is 2.10 bits per heavy atom. The summed E-state index contributed by atoms with van der Waals surface area (Å²) < 4.78 is 13.8. The number of rotatable bonds is 6. The molecule has 0 unspecified atom stereocenters. The second-order valence-corrected chi connectivity index (χ2v) is 6.32.